The van der Waals surface area contributed by atoms with E-state index in [1.807, 2.05) is 0 Å². The third-order valence-electron chi connectivity index (χ3n) is 15.3. The maximum absolute atomic E-state index is 2.54. The van der Waals surface area contributed by atoms with Crippen LogP contribution in [0, 0.1) is 0 Å². The molecule has 0 unspecified atom stereocenters. The molecule has 2 heterocycles. The number of hydrogen-bond acceptors (Lipinski definition) is 1. The van der Waals surface area contributed by atoms with Crippen LogP contribution in [0.3, 0.4) is 0 Å². The molecule has 0 atom stereocenters. The van der Waals surface area contributed by atoms with Crippen LogP contribution < -0.4 is 4.90 Å². The van der Waals surface area contributed by atoms with Crippen LogP contribution in [0.4, 0.5) is 17.1 Å². The van der Waals surface area contributed by atoms with Crippen molar-refractivity contribution in [1.29, 1.82) is 0 Å². The largest absolute Gasteiger partial charge is 0.310 e. The molecule has 70 heavy (non-hydrogen) atoms. The number of rotatable bonds is 6. The zero-order chi connectivity index (χ0) is 45.9. The maximum Gasteiger partial charge on any atom is 0.0726 e. The number of nitrogens with zero attached hydrogens (tertiary/aromatic N) is 3. The van der Waals surface area contributed by atoms with E-state index in [-0.39, 0.29) is 0 Å². The number of hydrogen-bond donors (Lipinski definition) is 0. The standard InChI is InChI=1S/C67H43N3/c1-4-19-44(20-5-1)45-35-40-62-56(41-45)54-39-37-49(43-65(54)70(62)47-23-8-3-9-24-47)68(48-36-38-53-52-27-13-17-33-61(52)69(64(53)42-48)46-21-6-2-7-22-46)63-34-18-32-60-66(63)55-28-12-16-31-59(55)67(60)57-29-14-10-25-50(57)51-26-11-15-30-58(51)67/h1-43H. The SMILES string of the molecule is c1ccc(-c2ccc3c(c2)c2ccc(N(c4ccc5c6ccccc6n(-c6ccccc6)c5c4)c4cccc5c4-c4ccccc4C54c5ccccc5-c5ccccc54)cc2n3-c2ccccc2)cc1. The summed E-state index contributed by atoms with van der Waals surface area (Å²) in [6, 6.07) is 96.7. The topological polar surface area (TPSA) is 13.1 Å². The lowest BCUT2D eigenvalue weighted by molar-refractivity contribution is 0.794. The Labute approximate surface area is 406 Å². The smallest absolute Gasteiger partial charge is 0.0726 e. The van der Waals surface area contributed by atoms with Crippen molar-refractivity contribution in [3.63, 3.8) is 0 Å². The summed E-state index contributed by atoms with van der Waals surface area (Å²) in [5, 5.41) is 4.89. The average Bonchev–Trinajstić information content (AvgIpc) is 4.14. The highest BCUT2D eigenvalue weighted by molar-refractivity contribution is 6.13. The summed E-state index contributed by atoms with van der Waals surface area (Å²) in [5.74, 6) is 0. The van der Waals surface area contributed by atoms with Crippen molar-refractivity contribution < 1.29 is 0 Å². The van der Waals surface area contributed by atoms with Gasteiger partial charge in [-0.1, -0.05) is 188 Å². The molecule has 2 aliphatic rings. The fourth-order valence-electron chi connectivity index (χ4n) is 12.5. The predicted octanol–water partition coefficient (Wildman–Crippen LogP) is 17.4. The molecule has 0 aliphatic heterocycles. The minimum absolute atomic E-state index is 0.482. The summed E-state index contributed by atoms with van der Waals surface area (Å²) in [6.07, 6.45) is 0. The van der Waals surface area contributed by atoms with Gasteiger partial charge < -0.3 is 14.0 Å². The van der Waals surface area contributed by atoms with Gasteiger partial charge in [0, 0.05) is 49.9 Å². The van der Waals surface area contributed by atoms with E-state index in [0.29, 0.717) is 0 Å². The van der Waals surface area contributed by atoms with Gasteiger partial charge in [-0.2, -0.15) is 0 Å². The van der Waals surface area contributed by atoms with Crippen LogP contribution in [0.15, 0.2) is 261 Å². The van der Waals surface area contributed by atoms with E-state index in [2.05, 4.69) is 275 Å². The molecule has 2 aliphatic carbocycles. The van der Waals surface area contributed by atoms with Crippen LogP contribution in [0.5, 0.6) is 0 Å². The molecule has 0 N–H and O–H groups in total. The van der Waals surface area contributed by atoms with Crippen molar-refractivity contribution in [3.05, 3.63) is 283 Å². The van der Waals surface area contributed by atoms with E-state index in [9.17, 15) is 0 Å². The van der Waals surface area contributed by atoms with Crippen LogP contribution >= 0.6 is 0 Å². The molecule has 0 amide bonds. The number of para-hydroxylation sites is 3. The van der Waals surface area contributed by atoms with Gasteiger partial charge in [-0.05, 0) is 123 Å². The molecule has 3 heteroatoms. The molecule has 0 fully saturated rings. The Kier molecular flexibility index (Phi) is 8.28. The first-order valence-electron chi connectivity index (χ1n) is 24.3. The average molecular weight is 890 g/mol. The van der Waals surface area contributed by atoms with Gasteiger partial charge in [0.15, 0.2) is 0 Å². The molecule has 3 nitrogen and oxygen atoms in total. The fraction of sp³-hybridized carbons (Fsp3) is 0.0149. The minimum atomic E-state index is -0.482. The lowest BCUT2D eigenvalue weighted by atomic mass is 9.70. The first-order chi connectivity index (χ1) is 34.8. The molecule has 2 aromatic heterocycles. The Morgan fingerprint density at radius 1 is 0.286 bits per heavy atom. The summed E-state index contributed by atoms with van der Waals surface area (Å²) in [6.45, 7) is 0. The normalized spacial score (nSPS) is 13.0. The lowest BCUT2D eigenvalue weighted by Gasteiger charge is -2.32. The highest BCUT2D eigenvalue weighted by Gasteiger charge is 2.52. The highest BCUT2D eigenvalue weighted by atomic mass is 15.2. The lowest BCUT2D eigenvalue weighted by Crippen LogP contribution is -2.26. The van der Waals surface area contributed by atoms with Crippen LogP contribution in [-0.4, -0.2) is 9.13 Å². The Hall–Kier alpha value is -9.18. The zero-order valence-corrected chi connectivity index (χ0v) is 38.2. The van der Waals surface area contributed by atoms with Crippen molar-refractivity contribution in [2.75, 3.05) is 4.90 Å². The van der Waals surface area contributed by atoms with Crippen molar-refractivity contribution in [2.45, 2.75) is 5.41 Å². The molecule has 326 valence electrons. The second kappa shape index (κ2) is 14.9. The third kappa shape index (κ3) is 5.34. The van der Waals surface area contributed by atoms with Gasteiger partial charge in [-0.3, -0.25) is 0 Å². The third-order valence-corrected chi connectivity index (χ3v) is 15.3. The molecule has 13 aromatic rings. The number of anilines is 3. The van der Waals surface area contributed by atoms with E-state index < -0.39 is 5.41 Å². The molecule has 0 radical (unpaired) electrons. The van der Waals surface area contributed by atoms with Gasteiger partial charge >= 0.3 is 0 Å². The van der Waals surface area contributed by atoms with Crippen LogP contribution in [0.25, 0.3) is 88.4 Å². The van der Waals surface area contributed by atoms with Gasteiger partial charge in [0.2, 0.25) is 0 Å². The molecule has 15 rings (SSSR count). The van der Waals surface area contributed by atoms with Gasteiger partial charge in [-0.25, -0.2) is 0 Å². The Bertz CT molecular complexity index is 4190. The molecular formula is C67H43N3. The molecular weight excluding hydrogens is 847 g/mol. The predicted molar refractivity (Wildman–Crippen MR) is 292 cm³/mol. The molecule has 0 saturated carbocycles. The monoisotopic (exact) mass is 889 g/mol. The molecule has 11 aromatic carbocycles. The first-order valence-corrected chi connectivity index (χ1v) is 24.3. The van der Waals surface area contributed by atoms with Crippen LogP contribution in [0.2, 0.25) is 0 Å². The summed E-state index contributed by atoms with van der Waals surface area (Å²) < 4.78 is 4.88. The van der Waals surface area contributed by atoms with Crippen molar-refractivity contribution in [1.82, 2.24) is 9.13 Å². The van der Waals surface area contributed by atoms with Gasteiger partial charge in [0.25, 0.3) is 0 Å². The summed E-state index contributed by atoms with van der Waals surface area (Å²) in [4.78, 5) is 2.54. The van der Waals surface area contributed by atoms with E-state index in [4.69, 9.17) is 0 Å². The van der Waals surface area contributed by atoms with Gasteiger partial charge in [-0.15, -0.1) is 0 Å². The number of fused-ring (bicyclic) bond motifs is 16. The quantitative estimate of drug-likeness (QED) is 0.162. The second-order valence-electron chi connectivity index (χ2n) is 18.8. The molecule has 1 spiro atoms. The first kappa shape index (κ1) is 38.9. The maximum atomic E-state index is 2.54. The van der Waals surface area contributed by atoms with Gasteiger partial charge in [0.1, 0.15) is 0 Å². The van der Waals surface area contributed by atoms with E-state index in [0.717, 1.165) is 39.5 Å². The van der Waals surface area contributed by atoms with E-state index in [1.165, 1.54) is 88.2 Å². The van der Waals surface area contributed by atoms with Crippen molar-refractivity contribution >= 4 is 60.7 Å². The Balaban J connectivity index is 1.04. The summed E-state index contributed by atoms with van der Waals surface area (Å²) in [5.41, 5.74) is 22.6. The minimum Gasteiger partial charge on any atom is -0.310 e. The number of aromatic nitrogens is 2. The van der Waals surface area contributed by atoms with Crippen LogP contribution in [-0.2, 0) is 5.41 Å². The highest BCUT2D eigenvalue weighted by Crippen LogP contribution is 2.64. The Morgan fingerprint density at radius 2 is 0.757 bits per heavy atom. The zero-order valence-electron chi connectivity index (χ0n) is 38.2. The number of benzene rings is 11. The Morgan fingerprint density at radius 3 is 1.39 bits per heavy atom. The second-order valence-corrected chi connectivity index (χ2v) is 18.8. The van der Waals surface area contributed by atoms with Crippen molar-refractivity contribution in [2.24, 2.45) is 0 Å². The van der Waals surface area contributed by atoms with E-state index in [1.54, 1.807) is 0 Å². The van der Waals surface area contributed by atoms with Gasteiger partial charge in [0.05, 0.1) is 33.2 Å². The summed E-state index contributed by atoms with van der Waals surface area (Å²) in [7, 11) is 0. The fourth-order valence-corrected chi connectivity index (χ4v) is 12.5. The van der Waals surface area contributed by atoms with Crippen LogP contribution in [0.1, 0.15) is 22.3 Å². The summed E-state index contributed by atoms with van der Waals surface area (Å²) >= 11 is 0. The molecule has 0 saturated heterocycles. The van der Waals surface area contributed by atoms with E-state index >= 15 is 0 Å². The van der Waals surface area contributed by atoms with Crippen molar-refractivity contribution in [3.8, 4) is 44.8 Å². The molecule has 0 bridgehead atoms.